The lowest BCUT2D eigenvalue weighted by Crippen LogP contribution is -2.24. The van der Waals surface area contributed by atoms with E-state index < -0.39 is 0 Å². The van der Waals surface area contributed by atoms with Gasteiger partial charge >= 0.3 is 0 Å². The molecular weight excluding hydrogens is 316 g/mol. The van der Waals surface area contributed by atoms with Crippen LogP contribution in [-0.2, 0) is 6.42 Å². The van der Waals surface area contributed by atoms with Crippen LogP contribution in [0.4, 0.5) is 5.95 Å². The first-order valence-corrected chi connectivity index (χ1v) is 8.08. The predicted octanol–water partition coefficient (Wildman–Crippen LogP) is 2.55. The second-order valence-electron chi connectivity index (χ2n) is 5.84. The van der Waals surface area contributed by atoms with Crippen molar-refractivity contribution in [3.05, 3.63) is 47.4 Å². The molecule has 7 nitrogen and oxygen atoms in total. The van der Waals surface area contributed by atoms with Gasteiger partial charge in [0, 0.05) is 35.0 Å². The van der Waals surface area contributed by atoms with Crippen molar-refractivity contribution in [2.75, 3.05) is 19.0 Å². The van der Waals surface area contributed by atoms with Crippen molar-refractivity contribution in [2.24, 2.45) is 10.7 Å². The largest absolute Gasteiger partial charge is 0.497 e. The number of aromatic amines is 1. The van der Waals surface area contributed by atoms with Gasteiger partial charge in [0.2, 0.25) is 5.95 Å². The summed E-state index contributed by atoms with van der Waals surface area (Å²) in [5, 5.41) is 4.07. The summed E-state index contributed by atoms with van der Waals surface area (Å²) in [5.41, 5.74) is 9.96. The van der Waals surface area contributed by atoms with Crippen LogP contribution < -0.4 is 15.8 Å². The SMILES string of the molecule is COc1ccc2[nH]cc(CCN=C(N)Nc3nc(C)cc(C)n3)c2c1. The molecule has 0 saturated carbocycles. The number of aromatic nitrogens is 3. The normalized spacial score (nSPS) is 11.7. The van der Waals surface area contributed by atoms with Gasteiger partial charge < -0.3 is 15.5 Å². The van der Waals surface area contributed by atoms with Crippen LogP contribution in [0.15, 0.2) is 35.5 Å². The molecule has 0 saturated heterocycles. The topological polar surface area (TPSA) is 101 Å². The lowest BCUT2D eigenvalue weighted by atomic mass is 10.1. The van der Waals surface area contributed by atoms with Crippen LogP contribution in [-0.4, -0.2) is 34.6 Å². The molecule has 3 rings (SSSR count). The third kappa shape index (κ3) is 4.06. The number of aliphatic imine (C=N–C) groups is 1. The second-order valence-corrected chi connectivity index (χ2v) is 5.84. The van der Waals surface area contributed by atoms with Crippen molar-refractivity contribution in [1.29, 1.82) is 0 Å². The Hall–Kier alpha value is -3.09. The van der Waals surface area contributed by atoms with Gasteiger partial charge in [-0.15, -0.1) is 0 Å². The molecular formula is C18H22N6O. The highest BCUT2D eigenvalue weighted by atomic mass is 16.5. The maximum absolute atomic E-state index is 5.93. The van der Waals surface area contributed by atoms with Gasteiger partial charge in [0.25, 0.3) is 0 Å². The van der Waals surface area contributed by atoms with E-state index in [9.17, 15) is 0 Å². The zero-order valence-corrected chi connectivity index (χ0v) is 14.6. The number of H-pyrrole nitrogens is 1. The zero-order chi connectivity index (χ0) is 17.8. The minimum atomic E-state index is 0.308. The van der Waals surface area contributed by atoms with Gasteiger partial charge in [-0.05, 0) is 50.1 Å². The fourth-order valence-electron chi connectivity index (χ4n) is 2.72. The molecule has 0 aliphatic heterocycles. The van der Waals surface area contributed by atoms with Crippen LogP contribution in [0.25, 0.3) is 10.9 Å². The number of methoxy groups -OCH3 is 1. The molecule has 0 amide bonds. The molecule has 0 bridgehead atoms. The van der Waals surface area contributed by atoms with E-state index in [1.807, 2.05) is 44.3 Å². The molecule has 4 N–H and O–H groups in total. The van der Waals surface area contributed by atoms with Crippen LogP contribution in [0.2, 0.25) is 0 Å². The summed E-state index contributed by atoms with van der Waals surface area (Å²) < 4.78 is 5.29. The highest BCUT2D eigenvalue weighted by Gasteiger charge is 2.05. The molecule has 3 aromatic rings. The molecule has 0 spiro atoms. The van der Waals surface area contributed by atoms with Crippen LogP contribution in [0, 0.1) is 13.8 Å². The molecule has 0 fully saturated rings. The molecule has 0 aliphatic rings. The van der Waals surface area contributed by atoms with E-state index in [4.69, 9.17) is 10.5 Å². The number of hydrogen-bond donors (Lipinski definition) is 3. The maximum Gasteiger partial charge on any atom is 0.229 e. The summed E-state index contributed by atoms with van der Waals surface area (Å²) in [6.45, 7) is 4.39. The van der Waals surface area contributed by atoms with Crippen LogP contribution >= 0.6 is 0 Å². The van der Waals surface area contributed by atoms with Gasteiger partial charge in [0.15, 0.2) is 5.96 Å². The van der Waals surface area contributed by atoms with Gasteiger partial charge in [0.05, 0.1) is 7.11 Å². The number of hydrogen-bond acceptors (Lipinski definition) is 4. The Bertz CT molecular complexity index is 895. The molecule has 0 unspecified atom stereocenters. The maximum atomic E-state index is 5.93. The van der Waals surface area contributed by atoms with Crippen molar-refractivity contribution in [3.8, 4) is 5.75 Å². The van der Waals surface area contributed by atoms with Crippen LogP contribution in [0.3, 0.4) is 0 Å². The lowest BCUT2D eigenvalue weighted by Gasteiger charge is -2.06. The number of guanidine groups is 1. The summed E-state index contributed by atoms with van der Waals surface area (Å²) in [5.74, 6) is 1.61. The fraction of sp³-hybridized carbons (Fsp3) is 0.278. The van der Waals surface area contributed by atoms with E-state index in [2.05, 4.69) is 25.3 Å². The van der Waals surface area contributed by atoms with Crippen molar-refractivity contribution < 1.29 is 4.74 Å². The Kier molecular flexibility index (Phi) is 4.83. The number of fused-ring (bicyclic) bond motifs is 1. The number of benzene rings is 1. The Balaban J connectivity index is 1.66. The molecule has 2 aromatic heterocycles. The van der Waals surface area contributed by atoms with E-state index in [-0.39, 0.29) is 0 Å². The first-order chi connectivity index (χ1) is 12.0. The highest BCUT2D eigenvalue weighted by Crippen LogP contribution is 2.23. The molecule has 25 heavy (non-hydrogen) atoms. The van der Waals surface area contributed by atoms with Crippen molar-refractivity contribution in [3.63, 3.8) is 0 Å². The number of rotatable bonds is 5. The van der Waals surface area contributed by atoms with Crippen molar-refractivity contribution >= 4 is 22.8 Å². The zero-order valence-electron chi connectivity index (χ0n) is 14.6. The Morgan fingerprint density at radius 2 is 2.00 bits per heavy atom. The Morgan fingerprint density at radius 3 is 2.72 bits per heavy atom. The second kappa shape index (κ2) is 7.21. The van der Waals surface area contributed by atoms with Gasteiger partial charge in [-0.3, -0.25) is 10.3 Å². The first kappa shape index (κ1) is 16.8. The number of ether oxygens (including phenoxy) is 1. The van der Waals surface area contributed by atoms with Crippen LogP contribution in [0.5, 0.6) is 5.75 Å². The van der Waals surface area contributed by atoms with Crippen molar-refractivity contribution in [2.45, 2.75) is 20.3 Å². The van der Waals surface area contributed by atoms with E-state index in [1.54, 1.807) is 7.11 Å². The molecule has 0 aliphatic carbocycles. The van der Waals surface area contributed by atoms with Crippen LogP contribution in [0.1, 0.15) is 17.0 Å². The smallest absolute Gasteiger partial charge is 0.229 e. The number of aryl methyl sites for hydroxylation is 2. The quantitative estimate of drug-likeness (QED) is 0.490. The summed E-state index contributed by atoms with van der Waals surface area (Å²) >= 11 is 0. The highest BCUT2D eigenvalue weighted by molar-refractivity contribution is 5.90. The molecule has 130 valence electrons. The van der Waals surface area contributed by atoms with Gasteiger partial charge in [0.1, 0.15) is 5.75 Å². The summed E-state index contributed by atoms with van der Waals surface area (Å²) in [7, 11) is 1.67. The van der Waals surface area contributed by atoms with E-state index in [0.29, 0.717) is 18.5 Å². The van der Waals surface area contributed by atoms with E-state index >= 15 is 0 Å². The minimum Gasteiger partial charge on any atom is -0.497 e. The monoisotopic (exact) mass is 338 g/mol. The molecule has 0 radical (unpaired) electrons. The average Bonchev–Trinajstić information content (AvgIpc) is 2.96. The molecule has 7 heteroatoms. The number of nitrogens with zero attached hydrogens (tertiary/aromatic N) is 3. The van der Waals surface area contributed by atoms with Crippen molar-refractivity contribution in [1.82, 2.24) is 15.0 Å². The summed E-state index contributed by atoms with van der Waals surface area (Å²) in [6.07, 6.45) is 2.76. The van der Waals surface area contributed by atoms with Gasteiger partial charge in [-0.2, -0.15) is 0 Å². The minimum absolute atomic E-state index is 0.308. The molecule has 0 atom stereocenters. The fourth-order valence-corrected chi connectivity index (χ4v) is 2.72. The third-order valence-electron chi connectivity index (χ3n) is 3.86. The number of nitrogens with two attached hydrogens (primary N) is 1. The van der Waals surface area contributed by atoms with E-state index in [1.165, 1.54) is 5.56 Å². The Morgan fingerprint density at radius 1 is 1.24 bits per heavy atom. The average molecular weight is 338 g/mol. The third-order valence-corrected chi connectivity index (χ3v) is 3.86. The summed E-state index contributed by atoms with van der Waals surface area (Å²) in [6, 6.07) is 7.88. The van der Waals surface area contributed by atoms with E-state index in [0.717, 1.165) is 34.5 Å². The molecule has 1 aromatic carbocycles. The number of anilines is 1. The standard InChI is InChI=1S/C18H22N6O/c1-11-8-12(2)23-18(22-11)24-17(19)20-7-6-13-10-21-16-5-4-14(25-3)9-15(13)16/h4-5,8-10,21H,6-7H2,1-3H3,(H3,19,20,22,23,24). The molecule has 2 heterocycles. The Labute approximate surface area is 146 Å². The lowest BCUT2D eigenvalue weighted by molar-refractivity contribution is 0.415. The number of nitrogens with one attached hydrogen (secondary N) is 2. The van der Waals surface area contributed by atoms with Gasteiger partial charge in [-0.25, -0.2) is 9.97 Å². The first-order valence-electron chi connectivity index (χ1n) is 8.08. The predicted molar refractivity (Wildman–Crippen MR) is 100 cm³/mol. The summed E-state index contributed by atoms with van der Waals surface area (Å²) in [4.78, 5) is 16.2. The van der Waals surface area contributed by atoms with Gasteiger partial charge in [-0.1, -0.05) is 0 Å².